The molecule has 0 aliphatic rings. The van der Waals surface area contributed by atoms with Crippen LogP contribution in [0.2, 0.25) is 0 Å². The second kappa shape index (κ2) is 4.08. The normalized spacial score (nSPS) is 14.2. The zero-order valence-electron chi connectivity index (χ0n) is 9.55. The SMILES string of the molecule is CC(C)(C)C(Br)Cc1cncc2nnnn12. The second-order valence-corrected chi connectivity index (χ2v) is 5.99. The first-order valence-corrected chi connectivity index (χ1v) is 6.05. The van der Waals surface area contributed by atoms with E-state index >= 15 is 0 Å². The number of hydrogen-bond acceptors (Lipinski definition) is 4. The van der Waals surface area contributed by atoms with Crippen LogP contribution in [0.4, 0.5) is 0 Å². The molecule has 16 heavy (non-hydrogen) atoms. The Hall–Kier alpha value is -1.04. The number of fused-ring (bicyclic) bond motifs is 1. The van der Waals surface area contributed by atoms with Gasteiger partial charge in [-0.05, 0) is 15.8 Å². The first-order valence-electron chi connectivity index (χ1n) is 5.13. The van der Waals surface area contributed by atoms with E-state index in [0.717, 1.165) is 12.1 Å². The Kier molecular flexibility index (Phi) is 2.92. The Bertz CT molecular complexity index is 487. The van der Waals surface area contributed by atoms with Gasteiger partial charge in [0.05, 0.1) is 11.9 Å². The minimum absolute atomic E-state index is 0.191. The molecule has 0 amide bonds. The molecule has 1 atom stereocenters. The monoisotopic (exact) mass is 283 g/mol. The van der Waals surface area contributed by atoms with Crippen molar-refractivity contribution in [2.45, 2.75) is 32.0 Å². The summed E-state index contributed by atoms with van der Waals surface area (Å²) in [6.45, 7) is 6.58. The Balaban J connectivity index is 2.31. The molecule has 2 rings (SSSR count). The molecule has 0 aliphatic heterocycles. The molecular weight excluding hydrogens is 270 g/mol. The van der Waals surface area contributed by atoms with E-state index in [1.165, 1.54) is 0 Å². The molecule has 0 aliphatic carbocycles. The van der Waals surface area contributed by atoms with Gasteiger partial charge in [-0.25, -0.2) is 0 Å². The van der Waals surface area contributed by atoms with Gasteiger partial charge < -0.3 is 0 Å². The summed E-state index contributed by atoms with van der Waals surface area (Å²) in [6, 6.07) is 0. The summed E-state index contributed by atoms with van der Waals surface area (Å²) in [7, 11) is 0. The van der Waals surface area contributed by atoms with E-state index in [-0.39, 0.29) is 5.41 Å². The predicted octanol–water partition coefficient (Wildman–Crippen LogP) is 1.87. The van der Waals surface area contributed by atoms with E-state index in [4.69, 9.17) is 0 Å². The minimum atomic E-state index is 0.191. The molecule has 0 spiro atoms. The fourth-order valence-electron chi connectivity index (χ4n) is 1.35. The number of alkyl halides is 1. The van der Waals surface area contributed by atoms with Crippen molar-refractivity contribution in [1.82, 2.24) is 25.0 Å². The average molecular weight is 284 g/mol. The van der Waals surface area contributed by atoms with E-state index in [1.807, 2.05) is 6.20 Å². The Morgan fingerprint density at radius 2 is 2.12 bits per heavy atom. The minimum Gasteiger partial charge on any atom is -0.259 e. The molecule has 1 unspecified atom stereocenters. The van der Waals surface area contributed by atoms with E-state index in [2.05, 4.69) is 57.2 Å². The quantitative estimate of drug-likeness (QED) is 0.790. The molecule has 6 heteroatoms. The average Bonchev–Trinajstić information content (AvgIpc) is 2.65. The molecule has 2 aromatic rings. The van der Waals surface area contributed by atoms with Crippen molar-refractivity contribution >= 4 is 21.6 Å². The molecule has 5 nitrogen and oxygen atoms in total. The van der Waals surface area contributed by atoms with E-state index in [0.29, 0.717) is 10.5 Å². The lowest BCUT2D eigenvalue weighted by Crippen LogP contribution is -2.23. The van der Waals surface area contributed by atoms with Crippen molar-refractivity contribution in [3.05, 3.63) is 18.1 Å². The molecule has 0 aromatic carbocycles. The highest BCUT2D eigenvalue weighted by molar-refractivity contribution is 9.09. The third-order valence-corrected chi connectivity index (χ3v) is 4.20. The van der Waals surface area contributed by atoms with Crippen molar-refractivity contribution in [3.63, 3.8) is 0 Å². The van der Waals surface area contributed by atoms with Crippen LogP contribution in [0.1, 0.15) is 26.5 Å². The Labute approximate surface area is 102 Å². The van der Waals surface area contributed by atoms with E-state index < -0.39 is 0 Å². The van der Waals surface area contributed by atoms with Gasteiger partial charge in [-0.15, -0.1) is 5.10 Å². The van der Waals surface area contributed by atoms with Crippen molar-refractivity contribution < 1.29 is 0 Å². The van der Waals surface area contributed by atoms with Gasteiger partial charge in [-0.3, -0.25) is 4.98 Å². The van der Waals surface area contributed by atoms with Crippen LogP contribution in [0.5, 0.6) is 0 Å². The van der Waals surface area contributed by atoms with Crippen molar-refractivity contribution in [2.75, 3.05) is 0 Å². The molecule has 0 fully saturated rings. The lowest BCUT2D eigenvalue weighted by atomic mass is 9.90. The third-order valence-electron chi connectivity index (χ3n) is 2.51. The van der Waals surface area contributed by atoms with Crippen molar-refractivity contribution in [1.29, 1.82) is 0 Å². The fourth-order valence-corrected chi connectivity index (χ4v) is 1.68. The van der Waals surface area contributed by atoms with Crippen LogP contribution in [-0.2, 0) is 6.42 Å². The van der Waals surface area contributed by atoms with Gasteiger partial charge in [-0.2, -0.15) is 4.52 Å². The number of halogens is 1. The van der Waals surface area contributed by atoms with Gasteiger partial charge >= 0.3 is 0 Å². The van der Waals surface area contributed by atoms with Crippen LogP contribution >= 0.6 is 15.9 Å². The molecular formula is C10H14BrN5. The second-order valence-electron chi connectivity index (χ2n) is 4.89. The number of hydrogen-bond donors (Lipinski definition) is 0. The van der Waals surface area contributed by atoms with Gasteiger partial charge in [0.2, 0.25) is 0 Å². The maximum absolute atomic E-state index is 4.14. The van der Waals surface area contributed by atoms with Crippen molar-refractivity contribution in [3.8, 4) is 0 Å². The highest BCUT2D eigenvalue weighted by Crippen LogP contribution is 2.28. The van der Waals surface area contributed by atoms with Gasteiger partial charge in [0.15, 0.2) is 5.65 Å². The van der Waals surface area contributed by atoms with Gasteiger partial charge in [0.1, 0.15) is 0 Å². The summed E-state index contributed by atoms with van der Waals surface area (Å²) in [5, 5.41) is 11.5. The smallest absolute Gasteiger partial charge is 0.197 e. The summed E-state index contributed by atoms with van der Waals surface area (Å²) in [6.07, 6.45) is 4.31. The summed E-state index contributed by atoms with van der Waals surface area (Å²) in [5.41, 5.74) is 1.89. The van der Waals surface area contributed by atoms with Crippen LogP contribution in [0.3, 0.4) is 0 Å². The number of nitrogens with zero attached hydrogens (tertiary/aromatic N) is 5. The zero-order valence-corrected chi connectivity index (χ0v) is 11.1. The van der Waals surface area contributed by atoms with Crippen molar-refractivity contribution in [2.24, 2.45) is 5.41 Å². The molecule has 0 radical (unpaired) electrons. The van der Waals surface area contributed by atoms with Crippen LogP contribution in [0, 0.1) is 5.41 Å². The van der Waals surface area contributed by atoms with Gasteiger partial charge in [0, 0.05) is 17.4 Å². The van der Waals surface area contributed by atoms with E-state index in [9.17, 15) is 0 Å². The fraction of sp³-hybridized carbons (Fsp3) is 0.600. The zero-order chi connectivity index (χ0) is 11.8. The maximum atomic E-state index is 4.14. The summed E-state index contributed by atoms with van der Waals surface area (Å²) in [5.74, 6) is 0. The summed E-state index contributed by atoms with van der Waals surface area (Å²) < 4.78 is 1.73. The topological polar surface area (TPSA) is 56.0 Å². The lowest BCUT2D eigenvalue weighted by Gasteiger charge is -2.25. The molecule has 0 saturated heterocycles. The third kappa shape index (κ3) is 2.21. The number of aromatic nitrogens is 5. The molecule has 0 bridgehead atoms. The molecule has 2 heterocycles. The van der Waals surface area contributed by atoms with Gasteiger partial charge in [-0.1, -0.05) is 36.7 Å². The molecule has 0 N–H and O–H groups in total. The summed E-state index contributed by atoms with van der Waals surface area (Å²) in [4.78, 5) is 4.49. The molecule has 86 valence electrons. The molecule has 2 aromatic heterocycles. The van der Waals surface area contributed by atoms with Gasteiger partial charge in [0.25, 0.3) is 0 Å². The Morgan fingerprint density at radius 3 is 2.81 bits per heavy atom. The molecule has 0 saturated carbocycles. The lowest BCUT2D eigenvalue weighted by molar-refractivity contribution is 0.394. The van der Waals surface area contributed by atoms with E-state index in [1.54, 1.807) is 10.7 Å². The first-order chi connectivity index (χ1) is 7.48. The van der Waals surface area contributed by atoms with Crippen LogP contribution in [0.25, 0.3) is 5.65 Å². The van der Waals surface area contributed by atoms with Crippen LogP contribution < -0.4 is 0 Å². The number of tetrazole rings is 1. The number of rotatable bonds is 2. The summed E-state index contributed by atoms with van der Waals surface area (Å²) >= 11 is 3.70. The highest BCUT2D eigenvalue weighted by Gasteiger charge is 2.23. The Morgan fingerprint density at radius 1 is 1.38 bits per heavy atom. The predicted molar refractivity (Wildman–Crippen MR) is 64.5 cm³/mol. The standard InChI is InChI=1S/C10H14BrN5/c1-10(2,3)8(11)4-7-5-12-6-9-13-14-15-16(7)9/h5-6,8H,4H2,1-3H3. The first kappa shape index (κ1) is 11.4. The largest absolute Gasteiger partial charge is 0.259 e. The maximum Gasteiger partial charge on any atom is 0.197 e. The van der Waals surface area contributed by atoms with Crippen LogP contribution in [-0.4, -0.2) is 29.9 Å². The van der Waals surface area contributed by atoms with Crippen LogP contribution in [0.15, 0.2) is 12.4 Å². The highest BCUT2D eigenvalue weighted by atomic mass is 79.9.